The molecule has 0 radical (unpaired) electrons. The van der Waals surface area contributed by atoms with Crippen LogP contribution >= 0.6 is 24.2 Å². The molecule has 2 rings (SSSR count). The number of halogens is 1. The van der Waals surface area contributed by atoms with Gasteiger partial charge in [0.25, 0.3) is 0 Å². The Morgan fingerprint density at radius 3 is 2.40 bits per heavy atom. The number of thioether (sulfide) groups is 1. The summed E-state index contributed by atoms with van der Waals surface area (Å²) in [7, 11) is 1.57. The van der Waals surface area contributed by atoms with Crippen LogP contribution in [-0.2, 0) is 4.79 Å². The zero-order valence-electron chi connectivity index (χ0n) is 13.7. The highest BCUT2D eigenvalue weighted by molar-refractivity contribution is 7.98. The van der Waals surface area contributed by atoms with Gasteiger partial charge in [0.05, 0.1) is 19.1 Å². The fourth-order valence-corrected chi connectivity index (χ4v) is 2.83. The van der Waals surface area contributed by atoms with E-state index in [4.69, 9.17) is 15.9 Å². The van der Waals surface area contributed by atoms with Crippen LogP contribution in [0.15, 0.2) is 47.4 Å². The zero-order valence-corrected chi connectivity index (χ0v) is 15.4. The van der Waals surface area contributed by atoms with Crippen LogP contribution in [0.5, 0.6) is 5.75 Å². The van der Waals surface area contributed by atoms with E-state index in [1.165, 1.54) is 11.8 Å². The first kappa shape index (κ1) is 20.7. The van der Waals surface area contributed by atoms with Crippen molar-refractivity contribution < 1.29 is 14.6 Å². The minimum absolute atomic E-state index is 0. The van der Waals surface area contributed by atoms with Crippen LogP contribution in [0.1, 0.15) is 17.2 Å². The molecule has 4 N–H and O–H groups in total. The van der Waals surface area contributed by atoms with Gasteiger partial charge in [-0.2, -0.15) is 0 Å². The van der Waals surface area contributed by atoms with Crippen LogP contribution in [0.4, 0.5) is 5.69 Å². The van der Waals surface area contributed by atoms with Crippen LogP contribution in [0.2, 0.25) is 0 Å². The van der Waals surface area contributed by atoms with Gasteiger partial charge in [-0.25, -0.2) is 0 Å². The van der Waals surface area contributed by atoms with Gasteiger partial charge in [-0.3, -0.25) is 5.41 Å². The highest BCUT2D eigenvalue weighted by Gasteiger charge is 2.15. The number of carboxylic acids is 1. The summed E-state index contributed by atoms with van der Waals surface area (Å²) >= 11 is 1.47. The lowest BCUT2D eigenvalue weighted by Crippen LogP contribution is -2.34. The van der Waals surface area contributed by atoms with Gasteiger partial charge < -0.3 is 25.7 Å². The van der Waals surface area contributed by atoms with E-state index < -0.39 is 12.0 Å². The number of carbonyl (C=O) groups is 1. The molecule has 8 heteroatoms. The minimum atomic E-state index is -1.23. The maximum absolute atomic E-state index is 11.6. The Labute approximate surface area is 156 Å². The quantitative estimate of drug-likeness (QED) is 0.385. The number of carbonyl (C=O) groups excluding carboxylic acids is 1. The van der Waals surface area contributed by atoms with E-state index in [0.29, 0.717) is 22.6 Å². The van der Waals surface area contributed by atoms with Gasteiger partial charge in [-0.05, 0) is 48.2 Å². The Balaban J connectivity index is 0.00000312. The third-order valence-electron chi connectivity index (χ3n) is 3.48. The third-order valence-corrected chi connectivity index (χ3v) is 4.24. The van der Waals surface area contributed by atoms with Crippen molar-refractivity contribution in [2.75, 3.05) is 18.7 Å². The Morgan fingerprint density at radius 1 is 1.28 bits per heavy atom. The molecule has 0 aromatic heterocycles. The monoisotopic (exact) mass is 380 g/mol. The van der Waals surface area contributed by atoms with Crippen molar-refractivity contribution in [3.8, 4) is 5.75 Å². The Kier molecular flexibility index (Phi) is 7.60. The van der Waals surface area contributed by atoms with Gasteiger partial charge in [0.2, 0.25) is 0 Å². The lowest BCUT2D eigenvalue weighted by molar-refractivity contribution is -0.307. The predicted octanol–water partition coefficient (Wildman–Crippen LogP) is 2.03. The first-order valence-corrected chi connectivity index (χ1v) is 8.32. The molecule has 2 aromatic carbocycles. The Bertz CT molecular complexity index is 753. The van der Waals surface area contributed by atoms with Crippen molar-refractivity contribution in [2.24, 2.45) is 5.73 Å². The van der Waals surface area contributed by atoms with E-state index >= 15 is 0 Å². The molecule has 1 atom stereocenters. The van der Waals surface area contributed by atoms with Crippen molar-refractivity contribution >= 4 is 41.7 Å². The van der Waals surface area contributed by atoms with Gasteiger partial charge in [0.15, 0.2) is 0 Å². The standard InChI is InChI=1S/C17H19N3O3S.ClH/c1-23-13-8-5-11(9-14(13)24-2)15(17(21)22)20-12-6-3-10(4-7-12)16(18)19;/h3-9,15,20H,1-2H3,(H3,18,19)(H,21,22);1H/p-1. The number of hydrogen-bond donors (Lipinski definition) is 3. The molecule has 0 spiro atoms. The van der Waals surface area contributed by atoms with Crippen molar-refractivity contribution in [2.45, 2.75) is 10.9 Å². The lowest BCUT2D eigenvalue weighted by Gasteiger charge is -2.22. The SMILES string of the molecule is COc1ccc(C(Nc2ccc(C(=N)N)cc2)C(=O)[O-])cc1SC.Cl. The molecule has 0 bridgehead atoms. The molecule has 0 heterocycles. The number of amidine groups is 1. The third kappa shape index (κ3) is 5.04. The number of nitrogens with one attached hydrogen (secondary N) is 2. The van der Waals surface area contributed by atoms with Gasteiger partial charge in [-0.15, -0.1) is 24.2 Å². The van der Waals surface area contributed by atoms with Crippen LogP contribution in [0, 0.1) is 5.41 Å². The lowest BCUT2D eigenvalue weighted by atomic mass is 10.1. The molecule has 0 aliphatic rings. The number of nitrogen functional groups attached to an aromatic ring is 1. The predicted molar refractivity (Wildman–Crippen MR) is 101 cm³/mol. The van der Waals surface area contributed by atoms with Gasteiger partial charge in [0.1, 0.15) is 11.6 Å². The second kappa shape index (κ2) is 9.19. The molecule has 134 valence electrons. The summed E-state index contributed by atoms with van der Waals surface area (Å²) in [6.07, 6.45) is 1.89. The number of rotatable bonds is 7. The van der Waals surface area contributed by atoms with E-state index in [2.05, 4.69) is 5.32 Å². The van der Waals surface area contributed by atoms with E-state index in [1.54, 1.807) is 49.6 Å². The van der Waals surface area contributed by atoms with Crippen LogP contribution in [-0.4, -0.2) is 25.2 Å². The van der Waals surface area contributed by atoms with E-state index in [9.17, 15) is 9.90 Å². The minimum Gasteiger partial charge on any atom is -0.548 e. The number of ether oxygens (including phenoxy) is 1. The van der Waals surface area contributed by atoms with Crippen LogP contribution in [0.3, 0.4) is 0 Å². The molecule has 0 aliphatic carbocycles. The van der Waals surface area contributed by atoms with Gasteiger partial charge >= 0.3 is 0 Å². The first-order chi connectivity index (χ1) is 11.5. The second-order valence-corrected chi connectivity index (χ2v) is 5.85. The summed E-state index contributed by atoms with van der Waals surface area (Å²) in [5.41, 5.74) is 7.14. The van der Waals surface area contributed by atoms with E-state index in [-0.39, 0.29) is 18.2 Å². The molecule has 1 unspecified atom stereocenters. The molecule has 0 saturated heterocycles. The number of methoxy groups -OCH3 is 1. The van der Waals surface area contributed by atoms with Crippen LogP contribution < -0.4 is 20.9 Å². The number of anilines is 1. The van der Waals surface area contributed by atoms with Crippen molar-refractivity contribution in [1.82, 2.24) is 0 Å². The van der Waals surface area contributed by atoms with Gasteiger partial charge in [-0.1, -0.05) is 6.07 Å². The molecule has 0 saturated carbocycles. The number of carboxylic acid groups (broad SMARTS) is 1. The van der Waals surface area contributed by atoms with Gasteiger partial charge in [0, 0.05) is 16.1 Å². The number of nitrogens with two attached hydrogens (primary N) is 1. The molecule has 2 aromatic rings. The Morgan fingerprint density at radius 2 is 1.92 bits per heavy atom. The molecular formula is C17H19ClN3O3S-. The summed E-state index contributed by atoms with van der Waals surface area (Å²) in [5.74, 6) is -0.588. The number of hydrogen-bond acceptors (Lipinski definition) is 6. The summed E-state index contributed by atoms with van der Waals surface area (Å²) in [4.78, 5) is 12.4. The topological polar surface area (TPSA) is 111 Å². The van der Waals surface area contributed by atoms with E-state index in [1.807, 2.05) is 6.26 Å². The summed E-state index contributed by atoms with van der Waals surface area (Å²) in [6.45, 7) is 0. The molecule has 25 heavy (non-hydrogen) atoms. The molecule has 0 amide bonds. The molecule has 0 fully saturated rings. The Hall–Kier alpha value is -2.38. The summed E-state index contributed by atoms with van der Waals surface area (Å²) < 4.78 is 5.25. The fourth-order valence-electron chi connectivity index (χ4n) is 2.22. The van der Waals surface area contributed by atoms with Crippen molar-refractivity contribution in [3.63, 3.8) is 0 Å². The highest BCUT2D eigenvalue weighted by atomic mass is 35.5. The molecule has 0 aliphatic heterocycles. The first-order valence-electron chi connectivity index (χ1n) is 7.10. The van der Waals surface area contributed by atoms with Crippen LogP contribution in [0.25, 0.3) is 0 Å². The maximum atomic E-state index is 11.6. The number of benzene rings is 2. The average Bonchev–Trinajstić information content (AvgIpc) is 2.59. The van der Waals surface area contributed by atoms with Crippen molar-refractivity contribution in [1.29, 1.82) is 5.41 Å². The fraction of sp³-hybridized carbons (Fsp3) is 0.176. The molecular weight excluding hydrogens is 362 g/mol. The average molecular weight is 381 g/mol. The second-order valence-electron chi connectivity index (χ2n) is 5.00. The molecule has 6 nitrogen and oxygen atoms in total. The number of aliphatic carboxylic acids is 1. The zero-order chi connectivity index (χ0) is 17.7. The maximum Gasteiger partial charge on any atom is 0.132 e. The summed E-state index contributed by atoms with van der Waals surface area (Å²) in [6, 6.07) is 10.8. The van der Waals surface area contributed by atoms with E-state index in [0.717, 1.165) is 4.90 Å². The van der Waals surface area contributed by atoms with Crippen molar-refractivity contribution in [3.05, 3.63) is 53.6 Å². The highest BCUT2D eigenvalue weighted by Crippen LogP contribution is 2.31. The normalized spacial score (nSPS) is 11.1. The summed E-state index contributed by atoms with van der Waals surface area (Å²) in [5, 5.41) is 21.9. The smallest absolute Gasteiger partial charge is 0.132 e. The largest absolute Gasteiger partial charge is 0.548 e.